The molecule has 0 amide bonds. The monoisotopic (exact) mass is 991 g/mol. The van der Waals surface area contributed by atoms with Crippen LogP contribution in [0.4, 0.5) is 0 Å². The van der Waals surface area contributed by atoms with Gasteiger partial charge in [-0.1, -0.05) is 194 Å². The molecule has 7 heteroatoms. The number of benzene rings is 9. The van der Waals surface area contributed by atoms with Crippen LogP contribution in [-0.4, -0.2) is 4.98 Å². The molecule has 9 aromatic carbocycles. The molecule has 0 aliphatic rings. The normalized spacial score (nSPS) is 11.9. The van der Waals surface area contributed by atoms with Crippen molar-refractivity contribution in [2.24, 2.45) is 0 Å². The molecule has 0 saturated carbocycles. The first kappa shape index (κ1) is 48.4. The Morgan fingerprint density at radius 1 is 0.250 bits per heavy atom. The van der Waals surface area contributed by atoms with E-state index in [9.17, 15) is 0 Å². The fourth-order valence-corrected chi connectivity index (χ4v) is 20.2. The summed E-state index contributed by atoms with van der Waals surface area (Å²) in [4.78, 5) is 5.48. The Bertz CT molecular complexity index is 3160. The van der Waals surface area contributed by atoms with Gasteiger partial charge in [-0.05, 0) is 122 Å². The second-order valence-corrected chi connectivity index (χ2v) is 26.9. The summed E-state index contributed by atoms with van der Waals surface area (Å²) in [5.74, 6) is 0. The Balaban J connectivity index is 1.18. The Labute approximate surface area is 424 Å². The minimum Gasteiger partial charge on any atom is -0.309 e. The molecule has 0 radical (unpaired) electrons. The minimum absolute atomic E-state index is 0.756. The van der Waals surface area contributed by atoms with Gasteiger partial charge in [0.25, 0.3) is 0 Å². The minimum atomic E-state index is -3.29. The molecule has 10 rings (SSSR count). The highest BCUT2D eigenvalue weighted by molar-refractivity contribution is 7.86. The van der Waals surface area contributed by atoms with Crippen LogP contribution in [0.3, 0.4) is 0 Å². The molecule has 4 nitrogen and oxygen atoms in total. The first-order chi connectivity index (χ1) is 34.8. The molecule has 72 heavy (non-hydrogen) atoms. The maximum atomic E-state index is 15.8. The Hall–Kier alpha value is -7.18. The molecule has 0 unspecified atom stereocenters. The van der Waals surface area contributed by atoms with Crippen molar-refractivity contribution in [3.63, 3.8) is 0 Å². The molecule has 1 heterocycles. The summed E-state index contributed by atoms with van der Waals surface area (Å²) in [5, 5.41) is 7.22. The van der Waals surface area contributed by atoms with Gasteiger partial charge in [-0.15, -0.1) is 0 Å². The zero-order chi connectivity index (χ0) is 50.2. The lowest BCUT2D eigenvalue weighted by atomic mass is 9.95. The van der Waals surface area contributed by atoms with Crippen molar-refractivity contribution >= 4 is 69.2 Å². The molecule has 1 aromatic heterocycles. The number of hydrogen-bond donors (Lipinski definition) is 0. The molecule has 0 spiro atoms. The van der Waals surface area contributed by atoms with Crippen molar-refractivity contribution in [2.75, 3.05) is 0 Å². The van der Waals surface area contributed by atoms with E-state index in [2.05, 4.69) is 90.1 Å². The fourth-order valence-electron chi connectivity index (χ4n) is 10.9. The summed E-state index contributed by atoms with van der Waals surface area (Å²) in [7, 11) is -9.87. The van der Waals surface area contributed by atoms with Gasteiger partial charge in [-0.25, -0.2) is 4.98 Å². The van der Waals surface area contributed by atoms with E-state index >= 15 is 13.7 Å². The third kappa shape index (κ3) is 8.63. The highest BCUT2D eigenvalue weighted by Crippen LogP contribution is 2.48. The molecular formula is C65H56NO3P3. The molecular weight excluding hydrogens is 936 g/mol. The van der Waals surface area contributed by atoms with Crippen molar-refractivity contribution < 1.29 is 13.7 Å². The topological polar surface area (TPSA) is 64.1 Å². The van der Waals surface area contributed by atoms with Gasteiger partial charge in [0, 0.05) is 58.9 Å². The van der Waals surface area contributed by atoms with E-state index in [0.29, 0.717) is 0 Å². The van der Waals surface area contributed by atoms with Crippen LogP contribution in [0.1, 0.15) is 33.4 Å². The average Bonchev–Trinajstić information content (AvgIpc) is 3.41. The second-order valence-electron chi connectivity index (χ2n) is 18.8. The summed E-state index contributed by atoms with van der Waals surface area (Å²) in [6, 6.07) is 76.0. The summed E-state index contributed by atoms with van der Waals surface area (Å²) in [6.07, 6.45) is 0. The van der Waals surface area contributed by atoms with E-state index < -0.39 is 21.4 Å². The van der Waals surface area contributed by atoms with Crippen LogP contribution in [-0.2, 0) is 13.7 Å². The van der Waals surface area contributed by atoms with Gasteiger partial charge in [-0.2, -0.15) is 0 Å². The number of nitrogens with zero attached hydrogens (tertiary/aromatic N) is 1. The van der Waals surface area contributed by atoms with E-state index in [1.54, 1.807) is 0 Å². The van der Waals surface area contributed by atoms with Gasteiger partial charge < -0.3 is 13.7 Å². The van der Waals surface area contributed by atoms with Crippen molar-refractivity contribution in [1.29, 1.82) is 0 Å². The number of aromatic nitrogens is 1. The van der Waals surface area contributed by atoms with Crippen molar-refractivity contribution in [3.8, 4) is 33.6 Å². The molecule has 0 aliphatic heterocycles. The maximum absolute atomic E-state index is 15.8. The van der Waals surface area contributed by atoms with Crippen LogP contribution >= 0.6 is 21.4 Å². The Morgan fingerprint density at radius 2 is 0.431 bits per heavy atom. The number of pyridine rings is 1. The molecule has 0 saturated heterocycles. The average molecular weight is 992 g/mol. The van der Waals surface area contributed by atoms with Crippen LogP contribution in [0, 0.1) is 41.5 Å². The highest BCUT2D eigenvalue weighted by Gasteiger charge is 2.36. The second kappa shape index (κ2) is 19.8. The van der Waals surface area contributed by atoms with Crippen LogP contribution in [0.15, 0.2) is 231 Å². The van der Waals surface area contributed by atoms with Gasteiger partial charge in [0.15, 0.2) is 21.4 Å². The van der Waals surface area contributed by atoms with Gasteiger partial charge in [0.1, 0.15) is 0 Å². The predicted molar refractivity (Wildman–Crippen MR) is 307 cm³/mol. The Kier molecular flexibility index (Phi) is 13.3. The summed E-state index contributed by atoms with van der Waals surface area (Å²) in [6.45, 7) is 12.4. The van der Waals surface area contributed by atoms with Crippen LogP contribution in [0.2, 0.25) is 0 Å². The third-order valence-corrected chi connectivity index (χ3v) is 24.0. The van der Waals surface area contributed by atoms with Gasteiger partial charge >= 0.3 is 0 Å². The van der Waals surface area contributed by atoms with Crippen LogP contribution in [0.25, 0.3) is 33.6 Å². The first-order valence-corrected chi connectivity index (χ1v) is 29.5. The molecule has 0 fully saturated rings. The van der Waals surface area contributed by atoms with E-state index in [4.69, 9.17) is 4.98 Å². The van der Waals surface area contributed by atoms with E-state index in [0.717, 1.165) is 115 Å². The number of rotatable bonds is 12. The van der Waals surface area contributed by atoms with Crippen LogP contribution in [0.5, 0.6) is 0 Å². The van der Waals surface area contributed by atoms with Crippen molar-refractivity contribution in [2.45, 2.75) is 41.5 Å². The number of hydrogen-bond acceptors (Lipinski definition) is 4. The molecule has 0 atom stereocenters. The zero-order valence-electron chi connectivity index (χ0n) is 41.5. The lowest BCUT2D eigenvalue weighted by Crippen LogP contribution is -2.28. The fraction of sp³-hybridized carbons (Fsp3) is 0.0923. The quantitative estimate of drug-likeness (QED) is 0.114. The van der Waals surface area contributed by atoms with Crippen molar-refractivity contribution in [3.05, 3.63) is 264 Å². The van der Waals surface area contributed by atoms with Gasteiger partial charge in [0.2, 0.25) is 0 Å². The van der Waals surface area contributed by atoms with Crippen LogP contribution < -0.4 is 47.7 Å². The predicted octanol–water partition coefficient (Wildman–Crippen LogP) is 12.9. The summed E-state index contributed by atoms with van der Waals surface area (Å²) in [5.41, 5.74) is 10.7. The number of aryl methyl sites for hydroxylation is 6. The first-order valence-electron chi connectivity index (χ1n) is 24.3. The largest absolute Gasteiger partial charge is 0.309 e. The summed E-state index contributed by atoms with van der Waals surface area (Å²) >= 11 is 0. The standard InChI is InChI=1S/C65H56NO3P3/c1-45-37-51(38-46(2)63(45)70(67,55-25-13-7-14-26-55)56-27-15-8-16-28-56)52-43-61(53-39-47(3)64(48(4)40-53)71(68,57-29-17-9-18-30-57)58-31-19-10-20-32-58)66-62(44-52)54-41-49(5)65(50(6)42-54)72(69,59-33-21-11-22-34-59)60-35-23-12-24-36-60/h7-44H,1-6H3. The summed E-state index contributed by atoms with van der Waals surface area (Å²) < 4.78 is 47.5. The molecule has 0 bridgehead atoms. The lowest BCUT2D eigenvalue weighted by molar-refractivity contribution is 0.591. The maximum Gasteiger partial charge on any atom is 0.171 e. The molecule has 354 valence electrons. The van der Waals surface area contributed by atoms with Gasteiger partial charge in [0.05, 0.1) is 11.4 Å². The van der Waals surface area contributed by atoms with E-state index in [1.165, 1.54) is 0 Å². The SMILES string of the molecule is Cc1cc(-c2cc(-c3cc(C)c(P(=O)(c4ccccc4)c4ccccc4)c(C)c3)nc(-c3cc(C)c(P(=O)(c4ccccc4)c4ccccc4)c(C)c3)c2)cc(C)c1P(=O)(c1ccccc1)c1ccccc1. The smallest absolute Gasteiger partial charge is 0.171 e. The molecule has 0 aliphatic carbocycles. The zero-order valence-corrected chi connectivity index (χ0v) is 44.1. The van der Waals surface area contributed by atoms with E-state index in [-0.39, 0.29) is 0 Å². The molecule has 10 aromatic rings. The lowest BCUT2D eigenvalue weighted by Gasteiger charge is -2.25. The third-order valence-electron chi connectivity index (χ3n) is 13.9. The molecule has 0 N–H and O–H groups in total. The Morgan fingerprint density at radius 3 is 0.639 bits per heavy atom. The van der Waals surface area contributed by atoms with Gasteiger partial charge in [-0.3, -0.25) is 0 Å². The van der Waals surface area contributed by atoms with E-state index in [1.807, 2.05) is 182 Å². The highest BCUT2D eigenvalue weighted by atomic mass is 31.2. The van der Waals surface area contributed by atoms with Crippen molar-refractivity contribution in [1.82, 2.24) is 4.98 Å².